The van der Waals surface area contributed by atoms with Crippen molar-refractivity contribution in [3.8, 4) is 5.75 Å². The highest BCUT2D eigenvalue weighted by atomic mass is 35.5. The number of ether oxygens (including phenoxy) is 2. The number of fused-ring (bicyclic) bond motifs is 3. The van der Waals surface area contributed by atoms with Gasteiger partial charge in [-0.1, -0.05) is 18.5 Å². The standard InChI is InChI=1S/C31H40ClF2N7O3/c1-18-12-21(43-11-5-10-39(2)3)16-41(15-18)30-35-14-23(32)28(38-30)36-20-8-9-24-22(13-20)25-26(29(42)40(24)4)44-17-31(33,34)27(37-25)19-6-7-19/h8-9,13-14,18-19,21,27,37H,5-7,10-12,15-17H2,1-4H3,(H,35,36,38)/t18-,21+,27-/m0/s1. The second-order valence-corrected chi connectivity index (χ2v) is 13.1. The molecular weight excluding hydrogens is 592 g/mol. The van der Waals surface area contributed by atoms with E-state index < -0.39 is 24.1 Å². The fourth-order valence-corrected chi connectivity index (χ4v) is 6.37. The Morgan fingerprint density at radius 3 is 2.82 bits per heavy atom. The Morgan fingerprint density at radius 1 is 1.27 bits per heavy atom. The third kappa shape index (κ3) is 6.43. The van der Waals surface area contributed by atoms with E-state index >= 15 is 8.78 Å². The van der Waals surface area contributed by atoms with Gasteiger partial charge >= 0.3 is 5.92 Å². The van der Waals surface area contributed by atoms with Crippen LogP contribution in [0.15, 0.2) is 29.2 Å². The smallest absolute Gasteiger partial charge is 0.301 e. The lowest BCUT2D eigenvalue weighted by Crippen LogP contribution is -2.44. The predicted octanol–water partition coefficient (Wildman–Crippen LogP) is 5.13. The molecule has 2 fully saturated rings. The summed E-state index contributed by atoms with van der Waals surface area (Å²) >= 11 is 6.55. The lowest BCUT2D eigenvalue weighted by Gasteiger charge is -2.36. The van der Waals surface area contributed by atoms with Crippen LogP contribution in [-0.2, 0) is 11.8 Å². The Morgan fingerprint density at radius 2 is 2.07 bits per heavy atom. The molecule has 2 aromatic heterocycles. The first-order valence-electron chi connectivity index (χ1n) is 15.2. The molecular formula is C31H40ClF2N7O3. The molecule has 1 aromatic carbocycles. The molecule has 3 atom stereocenters. The van der Waals surface area contributed by atoms with E-state index in [1.54, 1.807) is 31.4 Å². The number of pyridine rings is 1. The average molecular weight is 632 g/mol. The van der Waals surface area contributed by atoms with Gasteiger partial charge in [-0.05, 0) is 76.4 Å². The van der Waals surface area contributed by atoms with E-state index in [0.29, 0.717) is 65.3 Å². The number of aromatic nitrogens is 3. The summed E-state index contributed by atoms with van der Waals surface area (Å²) in [4.78, 5) is 26.7. The van der Waals surface area contributed by atoms with Gasteiger partial charge in [0.15, 0.2) is 12.4 Å². The van der Waals surface area contributed by atoms with E-state index in [2.05, 4.69) is 46.4 Å². The van der Waals surface area contributed by atoms with E-state index in [1.807, 2.05) is 0 Å². The van der Waals surface area contributed by atoms with E-state index in [1.165, 1.54) is 4.57 Å². The summed E-state index contributed by atoms with van der Waals surface area (Å²) < 4.78 is 43.2. The van der Waals surface area contributed by atoms with Crippen LogP contribution in [-0.4, -0.2) is 84.4 Å². The lowest BCUT2D eigenvalue weighted by atomic mass is 9.98. The predicted molar refractivity (Wildman–Crippen MR) is 169 cm³/mol. The van der Waals surface area contributed by atoms with Crippen molar-refractivity contribution in [2.45, 2.75) is 50.7 Å². The number of benzene rings is 1. The van der Waals surface area contributed by atoms with Gasteiger partial charge in [-0.25, -0.2) is 13.8 Å². The Labute approximate surface area is 260 Å². The first kappa shape index (κ1) is 30.8. The third-order valence-electron chi connectivity index (χ3n) is 8.61. The van der Waals surface area contributed by atoms with Gasteiger partial charge in [0.1, 0.15) is 5.02 Å². The van der Waals surface area contributed by atoms with Crippen molar-refractivity contribution in [1.82, 2.24) is 19.4 Å². The summed E-state index contributed by atoms with van der Waals surface area (Å²) in [5, 5.41) is 7.23. The number of hydrogen-bond acceptors (Lipinski definition) is 9. The van der Waals surface area contributed by atoms with Crippen LogP contribution in [0, 0.1) is 11.8 Å². The SMILES string of the molecule is C[C@H]1C[C@@H](OCCCN(C)C)CN(c2ncc(Cl)c(Nc3ccc4c(c3)c3c(c(=O)n4C)OCC(F)(F)[C@H](C4CC4)N3)n2)C1. The second kappa shape index (κ2) is 12.3. The van der Waals surface area contributed by atoms with Crippen LogP contribution in [0.4, 0.5) is 31.9 Å². The van der Waals surface area contributed by atoms with Crippen LogP contribution in [0.2, 0.25) is 5.02 Å². The van der Waals surface area contributed by atoms with E-state index in [0.717, 1.165) is 25.9 Å². The van der Waals surface area contributed by atoms with E-state index in [4.69, 9.17) is 26.1 Å². The number of nitrogens with zero attached hydrogens (tertiary/aromatic N) is 5. The van der Waals surface area contributed by atoms with Crippen LogP contribution >= 0.6 is 11.6 Å². The number of rotatable bonds is 9. The van der Waals surface area contributed by atoms with Crippen LogP contribution in [0.5, 0.6) is 5.75 Å². The maximum atomic E-state index is 15.0. The van der Waals surface area contributed by atoms with Crippen molar-refractivity contribution >= 4 is 45.6 Å². The Hall–Kier alpha value is -3.22. The molecule has 6 rings (SSSR count). The zero-order chi connectivity index (χ0) is 31.2. The number of piperidine rings is 1. The molecule has 10 nitrogen and oxygen atoms in total. The Balaban J connectivity index is 1.26. The highest BCUT2D eigenvalue weighted by Crippen LogP contribution is 2.45. The Bertz CT molecular complexity index is 1580. The minimum Gasteiger partial charge on any atom is -0.480 e. The molecule has 1 saturated heterocycles. The summed E-state index contributed by atoms with van der Waals surface area (Å²) in [7, 11) is 5.72. The van der Waals surface area contributed by atoms with Crippen LogP contribution in [0.3, 0.4) is 0 Å². The fourth-order valence-electron chi connectivity index (χ4n) is 6.23. The Kier molecular flexibility index (Phi) is 8.60. The molecule has 1 saturated carbocycles. The van der Waals surface area contributed by atoms with Gasteiger partial charge in [0, 0.05) is 37.8 Å². The molecule has 1 aliphatic carbocycles. The number of nitrogens with one attached hydrogen (secondary N) is 2. The minimum atomic E-state index is -3.11. The molecule has 0 radical (unpaired) electrons. The van der Waals surface area contributed by atoms with Crippen molar-refractivity contribution in [3.63, 3.8) is 0 Å². The zero-order valence-electron chi connectivity index (χ0n) is 25.6. The summed E-state index contributed by atoms with van der Waals surface area (Å²) in [6.45, 7) is 4.52. The first-order chi connectivity index (χ1) is 21.0. The molecule has 0 unspecified atom stereocenters. The monoisotopic (exact) mass is 631 g/mol. The van der Waals surface area contributed by atoms with Crippen LogP contribution in [0.1, 0.15) is 32.6 Å². The van der Waals surface area contributed by atoms with Crippen molar-refractivity contribution in [1.29, 1.82) is 0 Å². The van der Waals surface area contributed by atoms with Crippen molar-refractivity contribution in [2.75, 3.05) is 62.5 Å². The number of alkyl halides is 2. The number of halogens is 3. The summed E-state index contributed by atoms with van der Waals surface area (Å²) in [5.74, 6) is -2.01. The number of anilines is 4. The number of hydrogen-bond donors (Lipinski definition) is 2. The van der Waals surface area contributed by atoms with Crippen molar-refractivity contribution < 1.29 is 18.3 Å². The van der Waals surface area contributed by atoms with Gasteiger partial charge in [0.2, 0.25) is 11.7 Å². The molecule has 238 valence electrons. The van der Waals surface area contributed by atoms with E-state index in [9.17, 15) is 4.79 Å². The van der Waals surface area contributed by atoms with Gasteiger partial charge in [-0.3, -0.25) is 4.79 Å². The summed E-state index contributed by atoms with van der Waals surface area (Å²) in [6, 6.07) is 4.27. The molecule has 3 aromatic rings. The lowest BCUT2D eigenvalue weighted by molar-refractivity contribution is -0.0579. The van der Waals surface area contributed by atoms with Gasteiger partial charge in [0.05, 0.1) is 29.5 Å². The second-order valence-electron chi connectivity index (χ2n) is 12.7. The molecule has 44 heavy (non-hydrogen) atoms. The summed E-state index contributed by atoms with van der Waals surface area (Å²) in [6.07, 6.45) is 5.04. The molecule has 2 aliphatic heterocycles. The van der Waals surface area contributed by atoms with E-state index in [-0.39, 0.29) is 23.5 Å². The highest BCUT2D eigenvalue weighted by molar-refractivity contribution is 6.33. The molecule has 0 amide bonds. The van der Waals surface area contributed by atoms with Gasteiger partial charge in [0.25, 0.3) is 5.56 Å². The normalized spacial score (nSPS) is 23.2. The van der Waals surface area contributed by atoms with Gasteiger partial charge < -0.3 is 34.5 Å². The molecule has 3 aliphatic rings. The molecule has 2 N–H and O–H groups in total. The van der Waals surface area contributed by atoms with Crippen LogP contribution in [0.25, 0.3) is 10.9 Å². The maximum Gasteiger partial charge on any atom is 0.301 e. The van der Waals surface area contributed by atoms with Gasteiger partial charge in [-0.15, -0.1) is 0 Å². The average Bonchev–Trinajstić information content (AvgIpc) is 3.82. The zero-order valence-corrected chi connectivity index (χ0v) is 26.3. The molecule has 0 bridgehead atoms. The van der Waals surface area contributed by atoms with Gasteiger partial charge in [-0.2, -0.15) is 4.98 Å². The first-order valence-corrected chi connectivity index (χ1v) is 15.6. The number of aryl methyl sites for hydroxylation is 1. The van der Waals surface area contributed by atoms with Crippen molar-refractivity contribution in [3.05, 3.63) is 39.8 Å². The largest absolute Gasteiger partial charge is 0.480 e. The van der Waals surface area contributed by atoms with Crippen LogP contribution < -0.4 is 25.8 Å². The topological polar surface area (TPSA) is 96.8 Å². The van der Waals surface area contributed by atoms with Crippen molar-refractivity contribution in [2.24, 2.45) is 18.9 Å². The fraction of sp³-hybridized carbons (Fsp3) is 0.581. The molecule has 0 spiro atoms. The summed E-state index contributed by atoms with van der Waals surface area (Å²) in [5.41, 5.74) is 1.03. The molecule has 4 heterocycles. The quantitative estimate of drug-likeness (QED) is 0.312. The maximum absolute atomic E-state index is 15.0. The third-order valence-corrected chi connectivity index (χ3v) is 8.89. The minimum absolute atomic E-state index is 0.0838. The molecule has 13 heteroatoms. The highest BCUT2D eigenvalue weighted by Gasteiger charge is 2.51.